The van der Waals surface area contributed by atoms with E-state index in [2.05, 4.69) is 14.2 Å². The van der Waals surface area contributed by atoms with Crippen LogP contribution in [0.4, 0.5) is 5.00 Å². The number of rotatable bonds is 7. The zero-order chi connectivity index (χ0) is 19.0. The summed E-state index contributed by atoms with van der Waals surface area (Å²) in [5.74, 6) is -3.09. The Bertz CT molecular complexity index is 707. The summed E-state index contributed by atoms with van der Waals surface area (Å²) >= 11 is 0.813. The van der Waals surface area contributed by atoms with Gasteiger partial charge < -0.3 is 24.7 Å². The fourth-order valence-electron chi connectivity index (χ4n) is 1.72. The van der Waals surface area contributed by atoms with E-state index in [4.69, 9.17) is 10.5 Å². The molecule has 0 bridgehead atoms. The molecular weight excluding hydrogens is 354 g/mol. The molecule has 1 rings (SSSR count). The quantitative estimate of drug-likeness (QED) is 0.424. The van der Waals surface area contributed by atoms with Gasteiger partial charge in [-0.25, -0.2) is 19.2 Å². The van der Waals surface area contributed by atoms with E-state index in [1.807, 2.05) is 0 Å². The van der Waals surface area contributed by atoms with Crippen molar-refractivity contribution in [1.29, 1.82) is 0 Å². The Balaban J connectivity index is 2.99. The first-order valence-electron chi connectivity index (χ1n) is 6.95. The van der Waals surface area contributed by atoms with E-state index in [9.17, 15) is 19.2 Å². The Morgan fingerprint density at radius 3 is 2.08 bits per heavy atom. The molecule has 0 amide bonds. The highest BCUT2D eigenvalue weighted by molar-refractivity contribution is 7.18. The van der Waals surface area contributed by atoms with E-state index >= 15 is 0 Å². The van der Waals surface area contributed by atoms with Gasteiger partial charge in [-0.1, -0.05) is 0 Å². The number of esters is 4. The molecule has 0 aliphatic carbocycles. The number of ether oxygens (including phenoxy) is 4. The van der Waals surface area contributed by atoms with Crippen molar-refractivity contribution >= 4 is 40.2 Å². The SMILES string of the molecule is CCOC(=O)/C=C/C(=O)OCc1c(C(=O)OC)sc(N)c1C(=O)OC. The summed E-state index contributed by atoms with van der Waals surface area (Å²) in [4.78, 5) is 46.5. The van der Waals surface area contributed by atoms with E-state index in [1.165, 1.54) is 0 Å². The average Bonchev–Trinajstić information content (AvgIpc) is 2.93. The van der Waals surface area contributed by atoms with Crippen LogP contribution in [0.5, 0.6) is 0 Å². The second-order valence-electron chi connectivity index (χ2n) is 4.33. The maximum Gasteiger partial charge on any atom is 0.348 e. The van der Waals surface area contributed by atoms with Gasteiger partial charge >= 0.3 is 23.9 Å². The number of nitrogen functional groups attached to an aromatic ring is 1. The van der Waals surface area contributed by atoms with Crippen molar-refractivity contribution in [3.8, 4) is 0 Å². The standard InChI is InChI=1S/C15H17NO8S/c1-4-23-9(17)5-6-10(18)24-7-8-11(14(19)21-2)13(16)25-12(8)15(20)22-3/h5-6H,4,7,16H2,1-3H3/b6-5+. The molecular formula is C15H17NO8S. The smallest absolute Gasteiger partial charge is 0.348 e. The average molecular weight is 371 g/mol. The number of anilines is 1. The summed E-state index contributed by atoms with van der Waals surface area (Å²) in [6.07, 6.45) is 1.76. The molecule has 0 atom stereocenters. The third-order valence-electron chi connectivity index (χ3n) is 2.80. The molecule has 0 fully saturated rings. The molecule has 25 heavy (non-hydrogen) atoms. The van der Waals surface area contributed by atoms with Crippen LogP contribution >= 0.6 is 11.3 Å². The summed E-state index contributed by atoms with van der Waals surface area (Å²) < 4.78 is 18.8. The van der Waals surface area contributed by atoms with Crippen molar-refractivity contribution in [2.24, 2.45) is 0 Å². The van der Waals surface area contributed by atoms with Gasteiger partial charge in [-0.2, -0.15) is 0 Å². The summed E-state index contributed by atoms with van der Waals surface area (Å²) in [6.45, 7) is 1.35. The normalized spacial score (nSPS) is 10.4. The molecule has 0 saturated heterocycles. The summed E-state index contributed by atoms with van der Waals surface area (Å²) in [6, 6.07) is 0. The second kappa shape index (κ2) is 9.42. The van der Waals surface area contributed by atoms with E-state index < -0.39 is 30.5 Å². The number of thiophene rings is 1. The van der Waals surface area contributed by atoms with Crippen molar-refractivity contribution in [3.63, 3.8) is 0 Å². The van der Waals surface area contributed by atoms with Crippen LogP contribution in [-0.4, -0.2) is 44.7 Å². The highest BCUT2D eigenvalue weighted by Gasteiger charge is 2.27. The highest BCUT2D eigenvalue weighted by Crippen LogP contribution is 2.33. The highest BCUT2D eigenvalue weighted by atomic mass is 32.1. The van der Waals surface area contributed by atoms with Gasteiger partial charge in [0.2, 0.25) is 0 Å². The Kier molecular flexibility index (Phi) is 7.60. The third-order valence-corrected chi connectivity index (χ3v) is 3.84. The lowest BCUT2D eigenvalue weighted by molar-refractivity contribution is -0.141. The zero-order valence-corrected chi connectivity index (χ0v) is 14.6. The minimum atomic E-state index is -0.871. The molecule has 0 aromatic carbocycles. The Hall–Kier alpha value is -2.88. The van der Waals surface area contributed by atoms with Crippen LogP contribution < -0.4 is 5.73 Å². The molecule has 0 saturated carbocycles. The number of methoxy groups -OCH3 is 2. The Morgan fingerprint density at radius 1 is 1.00 bits per heavy atom. The maximum absolute atomic E-state index is 11.8. The molecule has 0 aliphatic heterocycles. The minimum Gasteiger partial charge on any atom is -0.465 e. The molecule has 0 radical (unpaired) electrons. The van der Waals surface area contributed by atoms with E-state index in [0.29, 0.717) is 0 Å². The van der Waals surface area contributed by atoms with Gasteiger partial charge in [-0.15, -0.1) is 11.3 Å². The summed E-state index contributed by atoms with van der Waals surface area (Å²) in [7, 11) is 2.31. The van der Waals surface area contributed by atoms with E-state index in [-0.39, 0.29) is 27.6 Å². The van der Waals surface area contributed by atoms with Crippen molar-refractivity contribution < 1.29 is 38.1 Å². The van der Waals surface area contributed by atoms with Gasteiger partial charge in [-0.3, -0.25) is 0 Å². The number of carbonyl (C=O) groups is 4. The molecule has 0 unspecified atom stereocenters. The molecule has 0 spiro atoms. The lowest BCUT2D eigenvalue weighted by Gasteiger charge is -2.06. The van der Waals surface area contributed by atoms with Crippen molar-refractivity contribution in [2.75, 3.05) is 26.6 Å². The Morgan fingerprint density at radius 2 is 1.56 bits per heavy atom. The van der Waals surface area contributed by atoms with Crippen LogP contribution in [0.15, 0.2) is 12.2 Å². The number of hydrogen-bond acceptors (Lipinski definition) is 10. The van der Waals surface area contributed by atoms with Crippen LogP contribution in [0.3, 0.4) is 0 Å². The van der Waals surface area contributed by atoms with Crippen molar-refractivity contribution in [3.05, 3.63) is 28.2 Å². The first kappa shape index (κ1) is 20.2. The number of nitrogens with two attached hydrogens (primary N) is 1. The molecule has 1 aromatic rings. The predicted molar refractivity (Wildman–Crippen MR) is 87.0 cm³/mol. The maximum atomic E-state index is 11.8. The lowest BCUT2D eigenvalue weighted by atomic mass is 10.1. The van der Waals surface area contributed by atoms with Crippen molar-refractivity contribution in [2.45, 2.75) is 13.5 Å². The molecule has 9 nitrogen and oxygen atoms in total. The molecule has 1 aromatic heterocycles. The van der Waals surface area contributed by atoms with E-state index in [1.54, 1.807) is 6.92 Å². The predicted octanol–water partition coefficient (Wildman–Crippen LogP) is 1.07. The van der Waals surface area contributed by atoms with Crippen LogP contribution in [0.2, 0.25) is 0 Å². The van der Waals surface area contributed by atoms with Crippen LogP contribution in [0.25, 0.3) is 0 Å². The van der Waals surface area contributed by atoms with Crippen LogP contribution in [0, 0.1) is 0 Å². The third kappa shape index (κ3) is 5.31. The van der Waals surface area contributed by atoms with Gasteiger partial charge in [-0.05, 0) is 6.92 Å². The Labute approximate surface area is 147 Å². The second-order valence-corrected chi connectivity index (χ2v) is 5.38. The number of carbonyl (C=O) groups excluding carboxylic acids is 4. The fourth-order valence-corrected chi connectivity index (χ4v) is 2.70. The fraction of sp³-hybridized carbons (Fsp3) is 0.333. The van der Waals surface area contributed by atoms with Crippen LogP contribution in [-0.2, 0) is 35.1 Å². The monoisotopic (exact) mass is 371 g/mol. The van der Waals surface area contributed by atoms with E-state index in [0.717, 1.165) is 37.7 Å². The zero-order valence-electron chi connectivity index (χ0n) is 13.8. The molecule has 10 heteroatoms. The lowest BCUT2D eigenvalue weighted by Crippen LogP contribution is -2.12. The van der Waals surface area contributed by atoms with Gasteiger partial charge in [0.25, 0.3) is 0 Å². The first-order chi connectivity index (χ1) is 11.8. The molecule has 2 N–H and O–H groups in total. The van der Waals surface area contributed by atoms with Gasteiger partial charge in [0.15, 0.2) is 0 Å². The van der Waals surface area contributed by atoms with Gasteiger partial charge in [0.05, 0.1) is 20.8 Å². The topological polar surface area (TPSA) is 131 Å². The molecule has 1 heterocycles. The van der Waals surface area contributed by atoms with Crippen molar-refractivity contribution in [1.82, 2.24) is 0 Å². The largest absolute Gasteiger partial charge is 0.465 e. The summed E-state index contributed by atoms with van der Waals surface area (Å²) in [5, 5.41) is 0.0281. The first-order valence-corrected chi connectivity index (χ1v) is 7.76. The molecule has 0 aliphatic rings. The molecule has 136 valence electrons. The van der Waals surface area contributed by atoms with Crippen LogP contribution in [0.1, 0.15) is 32.5 Å². The minimum absolute atomic E-state index is 0.0163. The number of hydrogen-bond donors (Lipinski definition) is 1. The van der Waals surface area contributed by atoms with Gasteiger partial charge in [0, 0.05) is 17.7 Å². The summed E-state index contributed by atoms with van der Waals surface area (Å²) in [5.41, 5.74) is 5.74. The van der Waals surface area contributed by atoms with Gasteiger partial charge in [0.1, 0.15) is 22.0 Å².